The van der Waals surface area contributed by atoms with Gasteiger partial charge in [0.1, 0.15) is 4.70 Å². The number of rotatable bonds is 10. The summed E-state index contributed by atoms with van der Waals surface area (Å²) in [5.41, 5.74) is 5.19. The van der Waals surface area contributed by atoms with Crippen LogP contribution in [-0.2, 0) is 26.8 Å². The molecule has 45 heavy (non-hydrogen) atoms. The molecule has 5 rings (SSSR count). The van der Waals surface area contributed by atoms with Gasteiger partial charge in [0.05, 0.1) is 26.6 Å². The zero-order chi connectivity index (χ0) is 32.7. The molecule has 2 aromatic carbocycles. The van der Waals surface area contributed by atoms with E-state index in [1.807, 2.05) is 41.0 Å². The molecule has 0 atom stereocenters. The first kappa shape index (κ1) is 34.4. The fourth-order valence-electron chi connectivity index (χ4n) is 5.81. The molecule has 0 saturated carbocycles. The number of halogens is 2. The van der Waals surface area contributed by atoms with Crippen molar-refractivity contribution in [1.29, 1.82) is 0 Å². The van der Waals surface area contributed by atoms with E-state index in [2.05, 4.69) is 37.8 Å². The Morgan fingerprint density at radius 1 is 1.02 bits per heavy atom. The fraction of sp³-hybridized carbons (Fsp3) is 0.387. The van der Waals surface area contributed by atoms with Crippen LogP contribution in [0.25, 0.3) is 16.3 Å². The third-order valence-corrected chi connectivity index (χ3v) is 12.1. The molecule has 14 heteroatoms. The van der Waals surface area contributed by atoms with Crippen LogP contribution < -0.4 is 9.47 Å². The molecule has 1 N–H and O–H groups in total. The highest BCUT2D eigenvalue weighted by molar-refractivity contribution is 8.03. The van der Waals surface area contributed by atoms with Gasteiger partial charge in [-0.15, -0.1) is 0 Å². The number of hydrogen-bond donors (Lipinski definition) is 1. The van der Waals surface area contributed by atoms with Gasteiger partial charge in [-0.3, -0.25) is 4.55 Å². The van der Waals surface area contributed by atoms with E-state index in [0.29, 0.717) is 23.1 Å². The van der Waals surface area contributed by atoms with Crippen LogP contribution in [0.4, 0.5) is 5.69 Å². The second kappa shape index (κ2) is 13.3. The van der Waals surface area contributed by atoms with E-state index >= 15 is 0 Å². The first-order valence-electron chi connectivity index (χ1n) is 14.4. The molecule has 0 spiro atoms. The van der Waals surface area contributed by atoms with Crippen LogP contribution in [0.5, 0.6) is 0 Å². The number of allylic oxidation sites excluding steroid dienone is 4. The highest BCUT2D eigenvalue weighted by Crippen LogP contribution is 2.50. The zero-order valence-corrected chi connectivity index (χ0v) is 29.8. The highest BCUT2D eigenvalue weighted by atomic mass is 35.5. The second-order valence-electron chi connectivity index (χ2n) is 12.1. The predicted octanol–water partition coefficient (Wildman–Crippen LogP) is 7.68. The van der Waals surface area contributed by atoms with Gasteiger partial charge < -0.3 is 9.45 Å². The summed E-state index contributed by atoms with van der Waals surface area (Å²) in [5.74, 6) is -0.774. The van der Waals surface area contributed by atoms with Crippen molar-refractivity contribution in [3.8, 4) is 0 Å². The Morgan fingerprint density at radius 2 is 1.73 bits per heavy atom. The van der Waals surface area contributed by atoms with E-state index in [9.17, 15) is 25.9 Å². The van der Waals surface area contributed by atoms with Crippen molar-refractivity contribution >= 4 is 88.5 Å². The Labute approximate surface area is 282 Å². The van der Waals surface area contributed by atoms with Gasteiger partial charge >= 0.3 is 0 Å². The van der Waals surface area contributed by atoms with Crippen LogP contribution >= 0.6 is 46.3 Å². The van der Waals surface area contributed by atoms with Gasteiger partial charge in [-0.2, -0.15) is 13.0 Å². The van der Waals surface area contributed by atoms with Crippen LogP contribution in [0.3, 0.4) is 0 Å². The number of aromatic nitrogens is 1. The smallest absolute Gasteiger partial charge is 0.264 e. The van der Waals surface area contributed by atoms with Gasteiger partial charge in [0.2, 0.25) is 5.52 Å². The number of benzene rings is 2. The quantitative estimate of drug-likeness (QED) is 0.167. The number of hydrogen-bond acceptors (Lipinski definition) is 8. The van der Waals surface area contributed by atoms with Gasteiger partial charge in [-0.05, 0) is 84.7 Å². The summed E-state index contributed by atoms with van der Waals surface area (Å²) < 4.78 is 69.2. The molecule has 242 valence electrons. The summed E-state index contributed by atoms with van der Waals surface area (Å²) in [6.45, 7) is 7.32. The lowest BCUT2D eigenvalue weighted by Gasteiger charge is -2.33. The van der Waals surface area contributed by atoms with E-state index < -0.39 is 26.0 Å². The molecular formula is C31H34Cl2N2O6S4. The van der Waals surface area contributed by atoms with Gasteiger partial charge in [0, 0.05) is 45.8 Å². The van der Waals surface area contributed by atoms with Crippen LogP contribution in [-0.4, -0.2) is 44.0 Å². The number of fused-ring (bicyclic) bond motifs is 2. The standard InChI is InChI=1S/C31H34Cl2N2O6S4/c1-20-21(14-29-34(10-4-12-44(36,37)38)25-16-23(32)6-8-27(25)42-29)18-31(2,3)19-22(20)15-30-35(11-5-13-45(39,40)41)26-17-24(33)7-9-28(26)43-30/h6-9,14-17H,4-5,10-13,18-19H2,1-3H3,(H-,36,37,38,39,40,41). The van der Waals surface area contributed by atoms with Crippen molar-refractivity contribution < 1.29 is 30.5 Å². The molecule has 0 fully saturated rings. The normalized spacial score (nSPS) is 18.9. The third-order valence-electron chi connectivity index (χ3n) is 7.84. The molecule has 0 bridgehead atoms. The van der Waals surface area contributed by atoms with Gasteiger partial charge in [-0.25, -0.2) is 8.42 Å². The Hall–Kier alpha value is -1.90. The number of anilines is 1. The second-order valence-corrected chi connectivity index (χ2v) is 18.2. The summed E-state index contributed by atoms with van der Waals surface area (Å²) in [6, 6.07) is 11.3. The van der Waals surface area contributed by atoms with Crippen molar-refractivity contribution in [3.05, 3.63) is 79.3 Å². The molecule has 0 saturated heterocycles. The zero-order valence-electron chi connectivity index (χ0n) is 25.0. The van der Waals surface area contributed by atoms with Gasteiger partial charge in [0.25, 0.3) is 15.1 Å². The van der Waals surface area contributed by atoms with Crippen molar-refractivity contribution in [2.45, 2.75) is 57.9 Å². The van der Waals surface area contributed by atoms with Crippen molar-refractivity contribution in [3.63, 3.8) is 0 Å². The summed E-state index contributed by atoms with van der Waals surface area (Å²) in [4.78, 5) is 3.09. The van der Waals surface area contributed by atoms with Crippen molar-refractivity contribution in [2.75, 3.05) is 23.0 Å². The third kappa shape index (κ3) is 8.72. The molecule has 0 unspecified atom stereocenters. The first-order valence-corrected chi connectivity index (χ1v) is 19.9. The van der Waals surface area contributed by atoms with E-state index in [4.69, 9.17) is 23.2 Å². The Kier molecular flexibility index (Phi) is 10.2. The topological polar surface area (TPSA) is 119 Å². The summed E-state index contributed by atoms with van der Waals surface area (Å²) in [7, 11) is -8.42. The molecular weight excluding hydrogens is 696 g/mol. The lowest BCUT2D eigenvalue weighted by atomic mass is 9.72. The average molecular weight is 730 g/mol. The molecule has 0 radical (unpaired) electrons. The predicted molar refractivity (Wildman–Crippen MR) is 184 cm³/mol. The largest absolute Gasteiger partial charge is 0.748 e. The Balaban J connectivity index is 1.55. The molecule has 1 aromatic heterocycles. The fourth-order valence-corrected chi connectivity index (χ4v) is 9.39. The summed E-state index contributed by atoms with van der Waals surface area (Å²) >= 11 is 15.9. The van der Waals surface area contributed by atoms with Crippen LogP contribution in [0, 0.1) is 5.41 Å². The maximum atomic E-state index is 11.4. The molecule has 2 aliphatic rings. The Bertz CT molecular complexity index is 1960. The molecule has 2 heterocycles. The van der Waals surface area contributed by atoms with Crippen LogP contribution in [0.1, 0.15) is 51.5 Å². The lowest BCUT2D eigenvalue weighted by molar-refractivity contribution is -0.668. The minimum Gasteiger partial charge on any atom is -0.748 e. The Morgan fingerprint density at radius 3 is 2.44 bits per heavy atom. The summed E-state index contributed by atoms with van der Waals surface area (Å²) in [5, 5.41) is 3.06. The average Bonchev–Trinajstić information content (AvgIpc) is 3.42. The van der Waals surface area contributed by atoms with E-state index in [1.165, 1.54) is 0 Å². The maximum absolute atomic E-state index is 11.4. The number of thiazole rings is 1. The minimum atomic E-state index is -4.33. The lowest BCUT2D eigenvalue weighted by Crippen LogP contribution is -2.36. The first-order chi connectivity index (χ1) is 21.0. The number of aryl methyl sites for hydroxylation is 1. The van der Waals surface area contributed by atoms with Gasteiger partial charge in [-0.1, -0.05) is 60.1 Å². The molecule has 3 aromatic rings. The maximum Gasteiger partial charge on any atom is 0.264 e. The minimum absolute atomic E-state index is 0.0611. The van der Waals surface area contributed by atoms with Crippen LogP contribution in [0.15, 0.2) is 69.1 Å². The van der Waals surface area contributed by atoms with Crippen molar-refractivity contribution in [2.24, 2.45) is 5.41 Å². The molecule has 8 nitrogen and oxygen atoms in total. The van der Waals surface area contributed by atoms with E-state index in [1.54, 1.807) is 23.1 Å². The van der Waals surface area contributed by atoms with Gasteiger partial charge in [0.15, 0.2) is 6.54 Å². The van der Waals surface area contributed by atoms with E-state index in [-0.39, 0.29) is 24.0 Å². The molecule has 0 amide bonds. The highest BCUT2D eigenvalue weighted by Gasteiger charge is 2.32. The molecule has 1 aliphatic heterocycles. The van der Waals surface area contributed by atoms with Crippen LogP contribution in [0.2, 0.25) is 10.0 Å². The van der Waals surface area contributed by atoms with E-state index in [0.717, 1.165) is 60.4 Å². The SMILES string of the molecule is CC1=C(/C=C2\Sc3ccc(Cl)cc3N2CCCS(=O)(=O)O)CC(C)(C)C/C1=C\c1sc2ccc(Cl)cc2[n+]1CCCS(=O)(=O)[O-]. The van der Waals surface area contributed by atoms with Crippen molar-refractivity contribution in [1.82, 2.24) is 0 Å². The number of nitrogens with zero attached hydrogens (tertiary/aromatic N) is 2. The summed E-state index contributed by atoms with van der Waals surface area (Å²) in [6.07, 6.45) is 6.45. The monoisotopic (exact) mass is 728 g/mol. The molecule has 1 aliphatic carbocycles. The number of thioether (sulfide) groups is 1.